The predicted molar refractivity (Wildman–Crippen MR) is 77.7 cm³/mol. The fourth-order valence-electron chi connectivity index (χ4n) is 1.34. The fraction of sp³-hybridized carbons (Fsp3) is 0.250. The zero-order valence-electron chi connectivity index (χ0n) is 10.2. The molecule has 0 bridgehead atoms. The summed E-state index contributed by atoms with van der Waals surface area (Å²) >= 11 is 10.8. The van der Waals surface area contributed by atoms with E-state index in [0.717, 1.165) is 6.42 Å². The summed E-state index contributed by atoms with van der Waals surface area (Å²) in [7, 11) is 0. The maximum atomic E-state index is 11.3. The van der Waals surface area contributed by atoms with Gasteiger partial charge in [-0.3, -0.25) is 4.79 Å². The molecule has 19 heavy (non-hydrogen) atoms. The van der Waals surface area contributed by atoms with Gasteiger partial charge in [0.1, 0.15) is 0 Å². The van der Waals surface area contributed by atoms with Crippen molar-refractivity contribution in [3.8, 4) is 0 Å². The average molecular weight is 301 g/mol. The third-order valence-electron chi connectivity index (χ3n) is 2.19. The number of carbonyl (C=O) groups excluding carboxylic acids is 1. The normalized spacial score (nSPS) is 9.79. The number of thiocarbonyl (C=S) groups is 1. The maximum absolute atomic E-state index is 11.3. The van der Waals surface area contributed by atoms with Crippen LogP contribution in [0.1, 0.15) is 30.1 Å². The van der Waals surface area contributed by atoms with Crippen LogP contribution in [0.25, 0.3) is 0 Å². The van der Waals surface area contributed by atoms with Gasteiger partial charge in [-0.15, -0.1) is 0 Å². The van der Waals surface area contributed by atoms with Gasteiger partial charge in [0.15, 0.2) is 5.11 Å². The van der Waals surface area contributed by atoms with Crippen molar-refractivity contribution in [1.82, 2.24) is 5.32 Å². The van der Waals surface area contributed by atoms with Crippen LogP contribution in [0.2, 0.25) is 5.02 Å². The van der Waals surface area contributed by atoms with Crippen LogP contribution in [0.5, 0.6) is 0 Å². The molecule has 0 heterocycles. The molecule has 0 fully saturated rings. The maximum Gasteiger partial charge on any atom is 0.337 e. The summed E-state index contributed by atoms with van der Waals surface area (Å²) in [6.07, 6.45) is 1.12. The number of carboxylic acids is 1. The summed E-state index contributed by atoms with van der Waals surface area (Å²) in [6.45, 7) is 1.89. The Morgan fingerprint density at radius 3 is 2.63 bits per heavy atom. The second-order valence-corrected chi connectivity index (χ2v) is 4.57. The molecule has 0 aliphatic carbocycles. The molecule has 0 aromatic heterocycles. The van der Waals surface area contributed by atoms with Gasteiger partial charge in [0.2, 0.25) is 5.91 Å². The Morgan fingerprint density at radius 1 is 1.42 bits per heavy atom. The summed E-state index contributed by atoms with van der Waals surface area (Å²) in [5.74, 6) is -1.27. The number of hydrogen-bond donors (Lipinski definition) is 3. The van der Waals surface area contributed by atoms with Gasteiger partial charge in [0.05, 0.1) is 10.6 Å². The van der Waals surface area contributed by atoms with E-state index in [1.807, 2.05) is 6.92 Å². The average Bonchev–Trinajstić information content (AvgIpc) is 2.28. The predicted octanol–water partition coefficient (Wildman–Crippen LogP) is 2.65. The van der Waals surface area contributed by atoms with Crippen molar-refractivity contribution in [1.29, 1.82) is 0 Å². The molecule has 1 rings (SSSR count). The fourth-order valence-corrected chi connectivity index (χ4v) is 1.84. The van der Waals surface area contributed by atoms with Gasteiger partial charge >= 0.3 is 5.97 Å². The van der Waals surface area contributed by atoms with E-state index in [2.05, 4.69) is 10.6 Å². The van der Waals surface area contributed by atoms with Crippen LogP contribution in [0.4, 0.5) is 5.69 Å². The van der Waals surface area contributed by atoms with Crippen molar-refractivity contribution >= 4 is 46.5 Å². The van der Waals surface area contributed by atoms with Gasteiger partial charge in [-0.2, -0.15) is 0 Å². The van der Waals surface area contributed by atoms with Crippen molar-refractivity contribution in [3.63, 3.8) is 0 Å². The van der Waals surface area contributed by atoms with Crippen LogP contribution in [-0.2, 0) is 4.79 Å². The topological polar surface area (TPSA) is 78.4 Å². The first-order chi connectivity index (χ1) is 8.93. The number of hydrogen-bond acceptors (Lipinski definition) is 3. The zero-order chi connectivity index (χ0) is 14.4. The lowest BCUT2D eigenvalue weighted by Gasteiger charge is -2.10. The van der Waals surface area contributed by atoms with Crippen molar-refractivity contribution in [3.05, 3.63) is 28.8 Å². The van der Waals surface area contributed by atoms with Crippen molar-refractivity contribution in [2.24, 2.45) is 0 Å². The second-order valence-electron chi connectivity index (χ2n) is 3.75. The number of anilines is 1. The molecule has 0 saturated carbocycles. The van der Waals surface area contributed by atoms with Crippen LogP contribution in [-0.4, -0.2) is 22.1 Å². The molecule has 0 atom stereocenters. The molecule has 102 valence electrons. The summed E-state index contributed by atoms with van der Waals surface area (Å²) in [6, 6.07) is 4.32. The molecule has 7 heteroatoms. The SMILES string of the molecule is CCCC(=O)NC(=S)Nc1ccc(C(=O)O)c(Cl)c1. The minimum Gasteiger partial charge on any atom is -0.478 e. The number of rotatable bonds is 4. The summed E-state index contributed by atoms with van der Waals surface area (Å²) in [5.41, 5.74) is 0.518. The van der Waals surface area contributed by atoms with Gasteiger partial charge < -0.3 is 15.7 Å². The molecule has 1 aromatic carbocycles. The Kier molecular flexibility index (Phi) is 5.72. The molecule has 0 aliphatic heterocycles. The quantitative estimate of drug-likeness (QED) is 0.745. The summed E-state index contributed by atoms with van der Waals surface area (Å²) < 4.78 is 0. The van der Waals surface area contributed by atoms with Gasteiger partial charge in [0, 0.05) is 12.1 Å². The molecule has 1 amide bonds. The number of carboxylic acid groups (broad SMARTS) is 1. The largest absolute Gasteiger partial charge is 0.478 e. The number of halogens is 1. The van der Waals surface area contributed by atoms with E-state index >= 15 is 0 Å². The highest BCUT2D eigenvalue weighted by atomic mass is 35.5. The summed E-state index contributed by atoms with van der Waals surface area (Å²) in [5, 5.41) is 14.3. The molecule has 5 nitrogen and oxygen atoms in total. The minimum absolute atomic E-state index is 0.00755. The third kappa shape index (κ3) is 4.84. The molecule has 1 aromatic rings. The van der Waals surface area contributed by atoms with E-state index in [1.165, 1.54) is 18.2 Å². The molecular weight excluding hydrogens is 288 g/mol. The van der Waals surface area contributed by atoms with E-state index in [9.17, 15) is 9.59 Å². The molecule has 0 aliphatic rings. The van der Waals surface area contributed by atoms with Crippen LogP contribution >= 0.6 is 23.8 Å². The highest BCUT2D eigenvalue weighted by Gasteiger charge is 2.10. The van der Waals surface area contributed by atoms with Crippen LogP contribution in [0, 0.1) is 0 Å². The van der Waals surface area contributed by atoms with E-state index in [4.69, 9.17) is 28.9 Å². The van der Waals surface area contributed by atoms with E-state index < -0.39 is 5.97 Å². The van der Waals surface area contributed by atoms with E-state index in [0.29, 0.717) is 12.1 Å². The lowest BCUT2D eigenvalue weighted by Crippen LogP contribution is -2.33. The smallest absolute Gasteiger partial charge is 0.337 e. The lowest BCUT2D eigenvalue weighted by atomic mass is 10.2. The standard InChI is InChI=1S/C12H13ClN2O3S/c1-2-3-10(16)15-12(19)14-7-4-5-8(11(17)18)9(13)6-7/h4-6H,2-3H2,1H3,(H,17,18)(H2,14,15,16,19). The van der Waals surface area contributed by atoms with Gasteiger partial charge in [0.25, 0.3) is 0 Å². The Bertz CT molecular complexity index is 520. The Balaban J connectivity index is 2.68. The molecule has 0 spiro atoms. The molecule has 3 N–H and O–H groups in total. The van der Waals surface area contributed by atoms with Gasteiger partial charge in [-0.1, -0.05) is 18.5 Å². The summed E-state index contributed by atoms with van der Waals surface area (Å²) in [4.78, 5) is 22.1. The van der Waals surface area contributed by atoms with Gasteiger partial charge in [-0.25, -0.2) is 4.79 Å². The molecule has 0 saturated heterocycles. The first kappa shape index (κ1) is 15.4. The molecular formula is C12H13ClN2O3S. The van der Waals surface area contributed by atoms with E-state index in [1.54, 1.807) is 0 Å². The van der Waals surface area contributed by atoms with Crippen molar-refractivity contribution in [2.45, 2.75) is 19.8 Å². The van der Waals surface area contributed by atoms with E-state index in [-0.39, 0.29) is 21.6 Å². The first-order valence-corrected chi connectivity index (χ1v) is 6.36. The van der Waals surface area contributed by atoms with Crippen LogP contribution < -0.4 is 10.6 Å². The van der Waals surface area contributed by atoms with Gasteiger partial charge in [-0.05, 0) is 36.8 Å². The molecule has 0 radical (unpaired) electrons. The number of aromatic carboxylic acids is 1. The second kappa shape index (κ2) is 7.06. The van der Waals surface area contributed by atoms with Crippen molar-refractivity contribution in [2.75, 3.05) is 5.32 Å². The van der Waals surface area contributed by atoms with Crippen LogP contribution in [0.3, 0.4) is 0 Å². The van der Waals surface area contributed by atoms with Crippen LogP contribution in [0.15, 0.2) is 18.2 Å². The molecule has 0 unspecified atom stereocenters. The third-order valence-corrected chi connectivity index (χ3v) is 2.70. The monoisotopic (exact) mass is 300 g/mol. The zero-order valence-corrected chi connectivity index (χ0v) is 11.8. The Labute approximate surface area is 121 Å². The number of nitrogens with one attached hydrogen (secondary N) is 2. The highest BCUT2D eigenvalue weighted by Crippen LogP contribution is 2.20. The number of carbonyl (C=O) groups is 2. The number of benzene rings is 1. The number of amides is 1. The lowest BCUT2D eigenvalue weighted by molar-refractivity contribution is -0.119. The Morgan fingerprint density at radius 2 is 2.11 bits per heavy atom. The Hall–Kier alpha value is -1.66. The first-order valence-electron chi connectivity index (χ1n) is 5.57. The highest BCUT2D eigenvalue weighted by molar-refractivity contribution is 7.80. The van der Waals surface area contributed by atoms with Crippen molar-refractivity contribution < 1.29 is 14.7 Å². The minimum atomic E-state index is -1.10.